The van der Waals surface area contributed by atoms with Crippen LogP contribution in [0.15, 0.2) is 4.99 Å². The second-order valence-electron chi connectivity index (χ2n) is 1.49. The van der Waals surface area contributed by atoms with E-state index >= 15 is 0 Å². The van der Waals surface area contributed by atoms with Gasteiger partial charge in [-0.05, 0) is 13.1 Å². The number of rotatable bonds is 2. The van der Waals surface area contributed by atoms with Gasteiger partial charge < -0.3 is 0 Å². The second kappa shape index (κ2) is 6.23. The predicted molar refractivity (Wildman–Crippen MR) is 37.1 cm³/mol. The van der Waals surface area contributed by atoms with Crippen LogP contribution in [0.3, 0.4) is 0 Å². The molecule has 0 aliphatic carbocycles. The Balaban J connectivity index is 3.07. The molecule has 0 aliphatic rings. The highest BCUT2D eigenvalue weighted by Crippen LogP contribution is 1.79. The summed E-state index contributed by atoms with van der Waals surface area (Å²) >= 11 is 0. The van der Waals surface area contributed by atoms with Gasteiger partial charge in [0.2, 0.25) is 0 Å². The summed E-state index contributed by atoms with van der Waals surface area (Å²) in [5, 5.41) is 0. The molecule has 0 atom stereocenters. The number of hydrogen-bond acceptors (Lipinski definition) is 1. The molecule has 0 amide bonds. The van der Waals surface area contributed by atoms with E-state index < -0.39 is 0 Å². The van der Waals surface area contributed by atoms with Crippen LogP contribution in [0.25, 0.3) is 0 Å². The Labute approximate surface area is 50.8 Å². The van der Waals surface area contributed by atoms with Crippen molar-refractivity contribution in [2.45, 2.75) is 19.8 Å². The van der Waals surface area contributed by atoms with E-state index in [-0.39, 0.29) is 0 Å². The van der Waals surface area contributed by atoms with Gasteiger partial charge in [0.1, 0.15) is 0 Å². The average molecular weight is 109 g/mol. The van der Waals surface area contributed by atoms with Crippen LogP contribution in [-0.2, 0) is 0 Å². The van der Waals surface area contributed by atoms with E-state index in [0.717, 1.165) is 12.8 Å². The molecular weight excluding hydrogens is 98.1 g/mol. The monoisotopic (exact) mass is 109 g/mol. The van der Waals surface area contributed by atoms with Gasteiger partial charge in [-0.2, -0.15) is 0 Å². The molecule has 8 heavy (non-hydrogen) atoms. The fraction of sp³-hybridized carbons (Fsp3) is 0.571. The zero-order valence-corrected chi connectivity index (χ0v) is 5.28. The summed E-state index contributed by atoms with van der Waals surface area (Å²) in [6.07, 6.45) is 2.11. The Morgan fingerprint density at radius 2 is 2.25 bits per heavy atom. The molecule has 0 aromatic carbocycles. The third kappa shape index (κ3) is 5.23. The van der Waals surface area contributed by atoms with Gasteiger partial charge in [-0.3, -0.25) is 4.99 Å². The topological polar surface area (TPSA) is 12.4 Å². The smallest absolute Gasteiger partial charge is 0.0990 e. The van der Waals surface area contributed by atoms with E-state index in [9.17, 15) is 0 Å². The minimum absolute atomic E-state index is 0.583. The fourth-order valence-corrected chi connectivity index (χ4v) is 0.325. The summed E-state index contributed by atoms with van der Waals surface area (Å²) in [6.45, 7) is 6.00. The van der Waals surface area contributed by atoms with E-state index in [4.69, 9.17) is 0 Å². The first-order valence-corrected chi connectivity index (χ1v) is 2.80. The zero-order valence-electron chi connectivity index (χ0n) is 5.28. The summed E-state index contributed by atoms with van der Waals surface area (Å²) in [5.41, 5.74) is 0. The number of hydrogen-bond donors (Lipinski definition) is 0. The van der Waals surface area contributed by atoms with Crippen LogP contribution >= 0.6 is 0 Å². The van der Waals surface area contributed by atoms with E-state index in [1.807, 2.05) is 0 Å². The molecule has 0 spiro atoms. The molecule has 0 heterocycles. The lowest BCUT2D eigenvalue weighted by molar-refractivity contribution is 0.982. The maximum atomic E-state index is 3.58. The van der Waals surface area contributed by atoms with Gasteiger partial charge in [-0.25, -0.2) is 0 Å². The Kier molecular flexibility index (Phi) is 5.63. The molecule has 0 unspecified atom stereocenters. The maximum absolute atomic E-state index is 3.58. The van der Waals surface area contributed by atoms with Crippen LogP contribution in [0.5, 0.6) is 0 Å². The third-order valence-electron chi connectivity index (χ3n) is 0.691. The molecule has 0 bridgehead atoms. The molecule has 0 saturated heterocycles. The first kappa shape index (κ1) is 7.23. The van der Waals surface area contributed by atoms with Gasteiger partial charge in [0, 0.05) is 6.42 Å². The molecular formula is C7H11N. The molecule has 44 valence electrons. The van der Waals surface area contributed by atoms with E-state index in [0.29, 0.717) is 6.54 Å². The molecule has 0 saturated carbocycles. The van der Waals surface area contributed by atoms with Crippen LogP contribution in [-0.4, -0.2) is 13.3 Å². The molecule has 0 aliphatic heterocycles. The maximum Gasteiger partial charge on any atom is 0.0990 e. The van der Waals surface area contributed by atoms with Crippen molar-refractivity contribution in [1.82, 2.24) is 0 Å². The largest absolute Gasteiger partial charge is 0.288 e. The van der Waals surface area contributed by atoms with Crippen molar-refractivity contribution < 1.29 is 0 Å². The van der Waals surface area contributed by atoms with Crippen molar-refractivity contribution in [1.29, 1.82) is 0 Å². The predicted octanol–water partition coefficient (Wildman–Crippen LogP) is 1.49. The summed E-state index contributed by atoms with van der Waals surface area (Å²) in [6, 6.07) is 0. The van der Waals surface area contributed by atoms with Gasteiger partial charge in [0.25, 0.3) is 0 Å². The first-order valence-electron chi connectivity index (χ1n) is 2.80. The van der Waals surface area contributed by atoms with Crippen molar-refractivity contribution in [2.24, 2.45) is 4.99 Å². The van der Waals surface area contributed by atoms with Gasteiger partial charge in [0.05, 0.1) is 6.54 Å². The van der Waals surface area contributed by atoms with Gasteiger partial charge in [-0.15, -0.1) is 5.92 Å². The fourth-order valence-electron chi connectivity index (χ4n) is 0.325. The minimum atomic E-state index is 0.583. The van der Waals surface area contributed by atoms with E-state index in [1.54, 1.807) is 0 Å². The third-order valence-corrected chi connectivity index (χ3v) is 0.691. The van der Waals surface area contributed by atoms with E-state index in [2.05, 4.69) is 30.5 Å². The lowest BCUT2D eigenvalue weighted by atomic mass is 10.3. The van der Waals surface area contributed by atoms with Crippen LogP contribution in [0.1, 0.15) is 19.8 Å². The van der Waals surface area contributed by atoms with E-state index in [1.165, 1.54) is 0 Å². The molecule has 0 rings (SSSR count). The van der Waals surface area contributed by atoms with Gasteiger partial charge in [0.15, 0.2) is 0 Å². The summed E-state index contributed by atoms with van der Waals surface area (Å²) in [5.74, 6) is 5.81. The van der Waals surface area contributed by atoms with Crippen molar-refractivity contribution >= 4 is 6.72 Å². The Morgan fingerprint density at radius 1 is 1.50 bits per heavy atom. The van der Waals surface area contributed by atoms with Crippen LogP contribution < -0.4 is 0 Å². The van der Waals surface area contributed by atoms with Crippen LogP contribution in [0, 0.1) is 11.8 Å². The quantitative estimate of drug-likeness (QED) is 0.376. The number of unbranched alkanes of at least 4 members (excludes halogenated alkanes) is 1. The molecule has 1 nitrogen and oxygen atoms in total. The molecule has 0 radical (unpaired) electrons. The van der Waals surface area contributed by atoms with Crippen molar-refractivity contribution in [3.63, 3.8) is 0 Å². The molecule has 1 heteroatoms. The van der Waals surface area contributed by atoms with Crippen molar-refractivity contribution in [3.05, 3.63) is 0 Å². The van der Waals surface area contributed by atoms with Gasteiger partial charge in [-0.1, -0.05) is 12.8 Å². The lowest BCUT2D eigenvalue weighted by Gasteiger charge is -1.75. The molecule has 0 aromatic heterocycles. The standard InChI is InChI=1S/C7H11N/c1-3-4-5-6-7-8-2/h2-4,7H2,1H3. The Hall–Kier alpha value is -0.770. The minimum Gasteiger partial charge on any atom is -0.288 e. The zero-order chi connectivity index (χ0) is 6.24. The van der Waals surface area contributed by atoms with Crippen LogP contribution in [0.2, 0.25) is 0 Å². The second-order valence-corrected chi connectivity index (χ2v) is 1.49. The SMILES string of the molecule is C=NCC#CCCC. The highest BCUT2D eigenvalue weighted by Gasteiger charge is 1.67. The highest BCUT2D eigenvalue weighted by atomic mass is 14.6. The van der Waals surface area contributed by atoms with Crippen molar-refractivity contribution in [2.75, 3.05) is 6.54 Å². The van der Waals surface area contributed by atoms with Crippen LogP contribution in [0.4, 0.5) is 0 Å². The summed E-state index contributed by atoms with van der Waals surface area (Å²) in [7, 11) is 0. The number of aliphatic imine (C=N–C) groups is 1. The highest BCUT2D eigenvalue weighted by molar-refractivity contribution is 5.24. The molecule has 0 N–H and O–H groups in total. The van der Waals surface area contributed by atoms with Crippen molar-refractivity contribution in [3.8, 4) is 11.8 Å². The Bertz CT molecular complexity index is 105. The summed E-state index contributed by atoms with van der Waals surface area (Å²) < 4.78 is 0. The molecule has 0 fully saturated rings. The molecule has 0 aromatic rings. The normalized spacial score (nSPS) is 7.12. The average Bonchev–Trinajstić information content (AvgIpc) is 1.81. The number of nitrogens with zero attached hydrogens (tertiary/aromatic N) is 1. The Morgan fingerprint density at radius 3 is 2.75 bits per heavy atom. The first-order chi connectivity index (χ1) is 3.91. The summed E-state index contributed by atoms with van der Waals surface area (Å²) in [4.78, 5) is 3.58. The van der Waals surface area contributed by atoms with Gasteiger partial charge >= 0.3 is 0 Å². The lowest BCUT2D eigenvalue weighted by Crippen LogP contribution is -1.68.